The van der Waals surface area contributed by atoms with E-state index in [2.05, 4.69) is 4.72 Å². The lowest BCUT2D eigenvalue weighted by Crippen LogP contribution is -2.42. The lowest BCUT2D eigenvalue weighted by molar-refractivity contribution is -0.143. The summed E-state index contributed by atoms with van der Waals surface area (Å²) in [6, 6.07) is 10.5. The number of hydrogen-bond acceptors (Lipinski definition) is 4. The van der Waals surface area contributed by atoms with Crippen molar-refractivity contribution in [2.24, 2.45) is 0 Å². The SMILES string of the molecule is CCOC(=O)C[C@H](NS(=O)(=O)C(C)(C)C)c1cc(-c2ccccc2)cc(C(F)(F)F)c1. The minimum absolute atomic E-state index is 0.0227. The molecule has 0 heterocycles. The normalized spacial score (nSPS) is 13.6. The molecule has 1 N–H and O–H groups in total. The van der Waals surface area contributed by atoms with Crippen LogP contribution < -0.4 is 4.72 Å². The van der Waals surface area contributed by atoms with Gasteiger partial charge in [-0.2, -0.15) is 13.2 Å². The van der Waals surface area contributed by atoms with Crippen LogP contribution in [-0.2, 0) is 25.7 Å². The molecule has 9 heteroatoms. The van der Waals surface area contributed by atoms with Crippen LogP contribution in [0, 0.1) is 0 Å². The maximum Gasteiger partial charge on any atom is 0.416 e. The Labute approximate surface area is 180 Å². The number of sulfonamides is 1. The summed E-state index contributed by atoms with van der Waals surface area (Å²) in [7, 11) is -3.97. The Balaban J connectivity index is 2.63. The Morgan fingerprint density at radius 3 is 2.16 bits per heavy atom. The standard InChI is InChI=1S/C22H26F3NO4S/c1-5-30-20(27)14-19(26-31(28,29)21(2,3)4)17-11-16(15-9-7-6-8-10-15)12-18(13-17)22(23,24)25/h6-13,19,26H,5,14H2,1-4H3/t19-/m0/s1. The van der Waals surface area contributed by atoms with Crippen molar-refractivity contribution in [2.45, 2.75) is 51.1 Å². The van der Waals surface area contributed by atoms with Gasteiger partial charge in [-0.25, -0.2) is 13.1 Å². The maximum atomic E-state index is 13.6. The van der Waals surface area contributed by atoms with E-state index in [0.717, 1.165) is 12.1 Å². The summed E-state index contributed by atoms with van der Waals surface area (Å²) in [6.45, 7) is 6.02. The predicted molar refractivity (Wildman–Crippen MR) is 113 cm³/mol. The van der Waals surface area contributed by atoms with Gasteiger partial charge in [0.2, 0.25) is 10.0 Å². The third-order valence-electron chi connectivity index (χ3n) is 4.57. The number of halogens is 3. The van der Waals surface area contributed by atoms with E-state index in [4.69, 9.17) is 4.74 Å². The van der Waals surface area contributed by atoms with Crippen molar-refractivity contribution in [2.75, 3.05) is 6.61 Å². The molecule has 0 radical (unpaired) electrons. The first kappa shape index (κ1) is 24.9. The zero-order chi connectivity index (χ0) is 23.4. The highest BCUT2D eigenvalue weighted by molar-refractivity contribution is 7.90. The first-order valence-corrected chi connectivity index (χ1v) is 11.2. The van der Waals surface area contributed by atoms with Crippen molar-refractivity contribution in [3.8, 4) is 11.1 Å². The van der Waals surface area contributed by atoms with E-state index >= 15 is 0 Å². The molecule has 0 amide bonds. The number of carbonyl (C=O) groups is 1. The third-order valence-corrected chi connectivity index (χ3v) is 6.78. The molecule has 1 atom stereocenters. The van der Waals surface area contributed by atoms with Gasteiger partial charge in [-0.15, -0.1) is 0 Å². The van der Waals surface area contributed by atoms with E-state index in [-0.39, 0.29) is 17.7 Å². The lowest BCUT2D eigenvalue weighted by Gasteiger charge is -2.26. The van der Waals surface area contributed by atoms with Crippen molar-refractivity contribution < 1.29 is 31.1 Å². The van der Waals surface area contributed by atoms with Gasteiger partial charge < -0.3 is 4.74 Å². The molecule has 170 valence electrons. The van der Waals surface area contributed by atoms with Gasteiger partial charge in [0.05, 0.1) is 29.4 Å². The molecule has 0 saturated carbocycles. The Hall–Kier alpha value is -2.39. The van der Waals surface area contributed by atoms with Gasteiger partial charge >= 0.3 is 12.1 Å². The fraction of sp³-hybridized carbons (Fsp3) is 0.409. The Morgan fingerprint density at radius 2 is 1.65 bits per heavy atom. The van der Waals surface area contributed by atoms with Gasteiger partial charge in [-0.1, -0.05) is 30.3 Å². The van der Waals surface area contributed by atoms with E-state index in [1.807, 2.05) is 0 Å². The summed E-state index contributed by atoms with van der Waals surface area (Å²) in [5.74, 6) is -0.720. The molecule has 2 rings (SSSR count). The fourth-order valence-electron chi connectivity index (χ4n) is 2.79. The molecule has 0 aromatic heterocycles. The van der Waals surface area contributed by atoms with Crippen molar-refractivity contribution in [1.82, 2.24) is 4.72 Å². The number of nitrogens with one attached hydrogen (secondary N) is 1. The average molecular weight is 458 g/mol. The molecule has 0 aliphatic carbocycles. The van der Waals surface area contributed by atoms with Crippen LogP contribution in [0.3, 0.4) is 0 Å². The van der Waals surface area contributed by atoms with Crippen LogP contribution in [0.5, 0.6) is 0 Å². The number of carbonyl (C=O) groups excluding carboxylic acids is 1. The first-order chi connectivity index (χ1) is 14.2. The molecule has 0 spiro atoms. The summed E-state index contributed by atoms with van der Waals surface area (Å²) in [4.78, 5) is 12.1. The van der Waals surface area contributed by atoms with Crippen LogP contribution >= 0.6 is 0 Å². The second kappa shape index (κ2) is 9.40. The lowest BCUT2D eigenvalue weighted by atomic mass is 9.95. The smallest absolute Gasteiger partial charge is 0.416 e. The van der Waals surface area contributed by atoms with E-state index in [9.17, 15) is 26.4 Å². The van der Waals surface area contributed by atoms with E-state index < -0.39 is 44.9 Å². The zero-order valence-electron chi connectivity index (χ0n) is 17.8. The molecule has 0 fully saturated rings. The summed E-state index contributed by atoms with van der Waals surface area (Å²) >= 11 is 0. The molecule has 0 aliphatic rings. The van der Waals surface area contributed by atoms with E-state index in [0.29, 0.717) is 5.56 Å². The molecular weight excluding hydrogens is 431 g/mol. The molecule has 2 aromatic rings. The van der Waals surface area contributed by atoms with Crippen LogP contribution in [0.1, 0.15) is 51.3 Å². The second-order valence-electron chi connectivity index (χ2n) is 8.00. The number of alkyl halides is 3. The maximum absolute atomic E-state index is 13.6. The monoisotopic (exact) mass is 457 g/mol. The quantitative estimate of drug-likeness (QED) is 0.588. The van der Waals surface area contributed by atoms with Crippen molar-refractivity contribution >= 4 is 16.0 Å². The Bertz CT molecular complexity index is 1010. The zero-order valence-corrected chi connectivity index (χ0v) is 18.6. The molecular formula is C22H26F3NO4S. The first-order valence-electron chi connectivity index (χ1n) is 9.69. The highest BCUT2D eigenvalue weighted by Crippen LogP contribution is 2.36. The van der Waals surface area contributed by atoms with Crippen LogP contribution in [0.2, 0.25) is 0 Å². The highest BCUT2D eigenvalue weighted by Gasteiger charge is 2.35. The van der Waals surface area contributed by atoms with Crippen molar-refractivity contribution in [3.05, 3.63) is 59.7 Å². The second-order valence-corrected chi connectivity index (χ2v) is 10.5. The van der Waals surface area contributed by atoms with Crippen LogP contribution in [0.15, 0.2) is 48.5 Å². The molecule has 0 saturated heterocycles. The number of hydrogen-bond donors (Lipinski definition) is 1. The average Bonchev–Trinajstić information content (AvgIpc) is 2.66. The minimum Gasteiger partial charge on any atom is -0.466 e. The Kier molecular flexibility index (Phi) is 7.54. The van der Waals surface area contributed by atoms with Crippen LogP contribution in [-0.4, -0.2) is 25.7 Å². The number of esters is 1. The number of benzene rings is 2. The summed E-state index contributed by atoms with van der Waals surface area (Å²) in [6.07, 6.45) is -5.10. The molecule has 2 aromatic carbocycles. The van der Waals surface area contributed by atoms with Gasteiger partial charge in [0, 0.05) is 0 Å². The summed E-state index contributed by atoms with van der Waals surface area (Å²) < 4.78 is 72.4. The number of rotatable bonds is 7. The third kappa shape index (κ3) is 6.54. The van der Waals surface area contributed by atoms with Crippen molar-refractivity contribution in [3.63, 3.8) is 0 Å². The summed E-state index contributed by atoms with van der Waals surface area (Å²) in [5, 5.41) is 0. The largest absolute Gasteiger partial charge is 0.466 e. The van der Waals surface area contributed by atoms with Gasteiger partial charge in [-0.05, 0) is 62.6 Å². The fourth-order valence-corrected chi connectivity index (χ4v) is 3.74. The molecule has 31 heavy (non-hydrogen) atoms. The topological polar surface area (TPSA) is 72.5 Å². The van der Waals surface area contributed by atoms with Gasteiger partial charge in [0.15, 0.2) is 0 Å². The van der Waals surface area contributed by atoms with Crippen molar-refractivity contribution in [1.29, 1.82) is 0 Å². The van der Waals surface area contributed by atoms with Crippen LogP contribution in [0.4, 0.5) is 13.2 Å². The molecule has 0 bridgehead atoms. The molecule has 5 nitrogen and oxygen atoms in total. The van der Waals surface area contributed by atoms with Gasteiger partial charge in [0.25, 0.3) is 0 Å². The summed E-state index contributed by atoms with van der Waals surface area (Å²) in [5.41, 5.74) is -0.125. The van der Waals surface area contributed by atoms with Gasteiger partial charge in [0.1, 0.15) is 0 Å². The van der Waals surface area contributed by atoms with Crippen LogP contribution in [0.25, 0.3) is 11.1 Å². The van der Waals surface area contributed by atoms with E-state index in [1.54, 1.807) is 37.3 Å². The molecule has 0 unspecified atom stereocenters. The van der Waals surface area contributed by atoms with E-state index in [1.165, 1.54) is 26.8 Å². The number of ether oxygens (including phenoxy) is 1. The highest BCUT2D eigenvalue weighted by atomic mass is 32.2. The van der Waals surface area contributed by atoms with Gasteiger partial charge in [-0.3, -0.25) is 4.79 Å². The Morgan fingerprint density at radius 1 is 1.03 bits per heavy atom. The minimum atomic E-state index is -4.66. The molecule has 0 aliphatic heterocycles. The predicted octanol–water partition coefficient (Wildman–Crippen LogP) is 5.08.